The topological polar surface area (TPSA) is 49.4 Å². The summed E-state index contributed by atoms with van der Waals surface area (Å²) in [5, 5.41) is 2.89. The third-order valence-corrected chi connectivity index (χ3v) is 3.54. The smallest absolute Gasteiger partial charge is 0.248 e. The zero-order valence-corrected chi connectivity index (χ0v) is 11.4. The third-order valence-electron chi connectivity index (χ3n) is 3.54. The number of carbonyl (C=O) groups is 2. The minimum Gasteiger partial charge on any atom is -0.340 e. The van der Waals surface area contributed by atoms with Crippen molar-refractivity contribution < 1.29 is 9.59 Å². The van der Waals surface area contributed by atoms with Crippen LogP contribution in [0.1, 0.15) is 53.4 Å². The molecule has 2 amide bonds. The van der Waals surface area contributed by atoms with Gasteiger partial charge in [-0.25, -0.2) is 0 Å². The van der Waals surface area contributed by atoms with Crippen LogP contribution >= 0.6 is 0 Å². The average molecular weight is 240 g/mol. The van der Waals surface area contributed by atoms with Gasteiger partial charge in [-0.15, -0.1) is 0 Å². The van der Waals surface area contributed by atoms with Gasteiger partial charge in [-0.2, -0.15) is 0 Å². The highest BCUT2D eigenvalue weighted by atomic mass is 16.2. The van der Waals surface area contributed by atoms with Crippen LogP contribution in [0.15, 0.2) is 0 Å². The van der Waals surface area contributed by atoms with Crippen LogP contribution in [0.2, 0.25) is 0 Å². The molecular weight excluding hydrogens is 216 g/mol. The second-order valence-electron chi connectivity index (χ2n) is 4.98. The number of piperazine rings is 1. The van der Waals surface area contributed by atoms with Crippen LogP contribution in [0.4, 0.5) is 0 Å². The van der Waals surface area contributed by atoms with E-state index < -0.39 is 5.54 Å². The zero-order valence-electron chi connectivity index (χ0n) is 11.4. The van der Waals surface area contributed by atoms with Crippen LogP contribution in [0.25, 0.3) is 0 Å². The highest BCUT2D eigenvalue weighted by Crippen LogP contribution is 2.23. The van der Waals surface area contributed by atoms with Gasteiger partial charge in [0.2, 0.25) is 11.8 Å². The van der Waals surface area contributed by atoms with Gasteiger partial charge in [-0.05, 0) is 26.2 Å². The molecule has 1 fully saturated rings. The molecule has 4 nitrogen and oxygen atoms in total. The van der Waals surface area contributed by atoms with Gasteiger partial charge in [-0.3, -0.25) is 9.59 Å². The van der Waals surface area contributed by atoms with E-state index in [2.05, 4.69) is 5.32 Å². The fourth-order valence-corrected chi connectivity index (χ4v) is 2.31. The van der Waals surface area contributed by atoms with Crippen molar-refractivity contribution in [1.29, 1.82) is 0 Å². The molecule has 4 heteroatoms. The number of nitrogens with one attached hydrogen (secondary N) is 1. The summed E-state index contributed by atoms with van der Waals surface area (Å²) >= 11 is 0. The Labute approximate surface area is 104 Å². The molecule has 1 N–H and O–H groups in total. The predicted molar refractivity (Wildman–Crippen MR) is 67.5 cm³/mol. The van der Waals surface area contributed by atoms with E-state index >= 15 is 0 Å². The van der Waals surface area contributed by atoms with Gasteiger partial charge < -0.3 is 10.2 Å². The molecule has 1 aliphatic heterocycles. The maximum Gasteiger partial charge on any atom is 0.248 e. The van der Waals surface area contributed by atoms with E-state index in [1.165, 1.54) is 0 Å². The monoisotopic (exact) mass is 240 g/mol. The normalized spacial score (nSPS) is 29.4. The summed E-state index contributed by atoms with van der Waals surface area (Å²) in [6.07, 6.45) is 3.18. The molecule has 1 rings (SSSR count). The van der Waals surface area contributed by atoms with E-state index in [0.29, 0.717) is 13.0 Å². The molecule has 17 heavy (non-hydrogen) atoms. The molecular formula is C13H24N2O2. The Balaban J connectivity index is 2.97. The van der Waals surface area contributed by atoms with Crippen LogP contribution in [-0.2, 0) is 9.59 Å². The second kappa shape index (κ2) is 5.52. The lowest BCUT2D eigenvalue weighted by molar-refractivity contribution is -0.154. The number of amides is 2. The fraction of sp³-hybridized carbons (Fsp3) is 0.846. The van der Waals surface area contributed by atoms with Crippen LogP contribution in [0, 0.1) is 0 Å². The van der Waals surface area contributed by atoms with Gasteiger partial charge in [0.1, 0.15) is 11.6 Å². The highest BCUT2D eigenvalue weighted by Gasteiger charge is 2.45. The first-order chi connectivity index (χ1) is 8.00. The molecule has 0 spiro atoms. The maximum absolute atomic E-state index is 12.4. The van der Waals surface area contributed by atoms with Gasteiger partial charge in [-0.1, -0.05) is 27.2 Å². The molecule has 98 valence electrons. The van der Waals surface area contributed by atoms with Crippen molar-refractivity contribution in [3.05, 3.63) is 0 Å². The molecule has 0 bridgehead atoms. The van der Waals surface area contributed by atoms with E-state index in [9.17, 15) is 9.59 Å². The zero-order chi connectivity index (χ0) is 13.1. The third kappa shape index (κ3) is 2.61. The van der Waals surface area contributed by atoms with Crippen LogP contribution < -0.4 is 5.32 Å². The van der Waals surface area contributed by atoms with Gasteiger partial charge in [0.15, 0.2) is 0 Å². The first-order valence-electron chi connectivity index (χ1n) is 6.63. The minimum absolute atomic E-state index is 0.00394. The minimum atomic E-state index is -0.712. The number of rotatable bonds is 5. The average Bonchev–Trinajstić information content (AvgIpc) is 2.31. The summed E-state index contributed by atoms with van der Waals surface area (Å²) < 4.78 is 0. The summed E-state index contributed by atoms with van der Waals surface area (Å²) in [5.74, 6) is 0.0733. The highest BCUT2D eigenvalue weighted by molar-refractivity contribution is 5.99. The van der Waals surface area contributed by atoms with Crippen LogP contribution in [-0.4, -0.2) is 34.8 Å². The molecule has 1 saturated heterocycles. The number of carbonyl (C=O) groups excluding carboxylic acids is 2. The first-order valence-corrected chi connectivity index (χ1v) is 6.63. The lowest BCUT2D eigenvalue weighted by Gasteiger charge is -2.44. The first kappa shape index (κ1) is 14.0. The Kier molecular flexibility index (Phi) is 4.54. The molecule has 1 aliphatic rings. The number of hydrogen-bond donors (Lipinski definition) is 1. The quantitative estimate of drug-likeness (QED) is 0.795. The summed E-state index contributed by atoms with van der Waals surface area (Å²) in [5.41, 5.74) is -0.712. The van der Waals surface area contributed by atoms with Crippen molar-refractivity contribution >= 4 is 11.8 Å². The lowest BCUT2D eigenvalue weighted by Crippen LogP contribution is -2.69. The number of hydrogen-bond acceptors (Lipinski definition) is 2. The van der Waals surface area contributed by atoms with E-state index in [0.717, 1.165) is 19.3 Å². The van der Waals surface area contributed by atoms with E-state index in [4.69, 9.17) is 0 Å². The van der Waals surface area contributed by atoms with Crippen molar-refractivity contribution in [2.45, 2.75) is 65.0 Å². The van der Waals surface area contributed by atoms with Crippen LogP contribution in [0.5, 0.6) is 0 Å². The van der Waals surface area contributed by atoms with Gasteiger partial charge >= 0.3 is 0 Å². The van der Waals surface area contributed by atoms with E-state index in [1.807, 2.05) is 27.7 Å². The standard InChI is InChI=1S/C13H24N2O2/c1-5-8-10-11(16)14-13(4,7-3)12(17)15(10)9-6-2/h10H,5-9H2,1-4H3,(H,14,16). The van der Waals surface area contributed by atoms with Crippen molar-refractivity contribution in [3.63, 3.8) is 0 Å². The fourth-order valence-electron chi connectivity index (χ4n) is 2.31. The van der Waals surface area contributed by atoms with Crippen molar-refractivity contribution in [1.82, 2.24) is 10.2 Å². The van der Waals surface area contributed by atoms with E-state index in [1.54, 1.807) is 4.90 Å². The number of nitrogens with zero attached hydrogens (tertiary/aromatic N) is 1. The van der Waals surface area contributed by atoms with E-state index in [-0.39, 0.29) is 17.9 Å². The van der Waals surface area contributed by atoms with Gasteiger partial charge in [0.05, 0.1) is 0 Å². The Hall–Kier alpha value is -1.06. The Morgan fingerprint density at radius 2 is 1.88 bits per heavy atom. The van der Waals surface area contributed by atoms with Gasteiger partial charge in [0, 0.05) is 6.54 Å². The molecule has 2 atom stereocenters. The predicted octanol–water partition coefficient (Wildman–Crippen LogP) is 1.69. The largest absolute Gasteiger partial charge is 0.340 e. The second-order valence-corrected chi connectivity index (χ2v) is 4.98. The van der Waals surface area contributed by atoms with Gasteiger partial charge in [0.25, 0.3) is 0 Å². The summed E-state index contributed by atoms with van der Waals surface area (Å²) in [6, 6.07) is -0.271. The Bertz CT molecular complexity index is 304. The molecule has 0 radical (unpaired) electrons. The van der Waals surface area contributed by atoms with Crippen molar-refractivity contribution in [2.24, 2.45) is 0 Å². The molecule has 0 aromatic heterocycles. The SMILES string of the molecule is CCCC1C(=O)NC(C)(CC)C(=O)N1CCC. The Morgan fingerprint density at radius 3 is 2.35 bits per heavy atom. The van der Waals surface area contributed by atoms with Crippen LogP contribution in [0.3, 0.4) is 0 Å². The molecule has 1 heterocycles. The molecule has 0 saturated carbocycles. The summed E-state index contributed by atoms with van der Waals surface area (Å²) in [7, 11) is 0. The maximum atomic E-state index is 12.4. The summed E-state index contributed by atoms with van der Waals surface area (Å²) in [6.45, 7) is 8.49. The van der Waals surface area contributed by atoms with Crippen molar-refractivity contribution in [3.8, 4) is 0 Å². The molecule has 0 aliphatic carbocycles. The lowest BCUT2D eigenvalue weighted by atomic mass is 9.90. The Morgan fingerprint density at radius 1 is 1.24 bits per heavy atom. The molecule has 2 unspecified atom stereocenters. The summed E-state index contributed by atoms with van der Waals surface area (Å²) in [4.78, 5) is 26.3. The molecule has 0 aromatic carbocycles. The molecule has 0 aromatic rings. The van der Waals surface area contributed by atoms with Crippen molar-refractivity contribution in [2.75, 3.05) is 6.54 Å².